The van der Waals surface area contributed by atoms with Crippen LogP contribution in [0.15, 0.2) is 18.2 Å². The average Bonchev–Trinajstić information content (AvgIpc) is 2.21. The van der Waals surface area contributed by atoms with Crippen LogP contribution in [0, 0.1) is 12.8 Å². The lowest BCUT2D eigenvalue weighted by molar-refractivity contribution is -0.117. The molecule has 0 heterocycles. The molecule has 0 unspecified atom stereocenters. The summed E-state index contributed by atoms with van der Waals surface area (Å²) in [5.41, 5.74) is 8.27. The number of rotatable bonds is 5. The summed E-state index contributed by atoms with van der Waals surface area (Å²) in [5, 5.41) is 2.85. The summed E-state index contributed by atoms with van der Waals surface area (Å²) < 4.78 is 0. The third-order valence-corrected chi connectivity index (χ3v) is 2.65. The van der Waals surface area contributed by atoms with Gasteiger partial charge < -0.3 is 11.1 Å². The summed E-state index contributed by atoms with van der Waals surface area (Å²) >= 11 is 0. The predicted octanol–water partition coefficient (Wildman–Crippen LogP) is 2.10. The first-order valence-corrected chi connectivity index (χ1v) is 6.23. The number of carbonyl (C=O) groups excluding carboxylic acids is 1. The maximum Gasteiger partial charge on any atom is 0.238 e. The lowest BCUT2D eigenvalue weighted by Crippen LogP contribution is -2.32. The molecule has 4 heteroatoms. The summed E-state index contributed by atoms with van der Waals surface area (Å²) in [7, 11) is 1.95. The van der Waals surface area contributed by atoms with Crippen LogP contribution in [0.2, 0.25) is 0 Å². The molecule has 0 fully saturated rings. The molecule has 18 heavy (non-hydrogen) atoms. The van der Waals surface area contributed by atoms with E-state index in [0.717, 1.165) is 17.8 Å². The Morgan fingerprint density at radius 1 is 1.44 bits per heavy atom. The van der Waals surface area contributed by atoms with Gasteiger partial charge in [-0.3, -0.25) is 9.69 Å². The van der Waals surface area contributed by atoms with Gasteiger partial charge in [0.25, 0.3) is 0 Å². The second kappa shape index (κ2) is 6.40. The number of likely N-dealkylation sites (N-methyl/N-ethyl adjacent to an activating group) is 1. The lowest BCUT2D eigenvalue weighted by atomic mass is 10.2. The van der Waals surface area contributed by atoms with E-state index in [1.54, 1.807) is 6.07 Å². The number of anilines is 2. The Morgan fingerprint density at radius 3 is 2.67 bits per heavy atom. The normalized spacial score (nSPS) is 11.0. The van der Waals surface area contributed by atoms with Crippen LogP contribution in [0.25, 0.3) is 0 Å². The Kier molecular flexibility index (Phi) is 5.16. The van der Waals surface area contributed by atoms with Gasteiger partial charge in [0.1, 0.15) is 0 Å². The van der Waals surface area contributed by atoms with E-state index >= 15 is 0 Å². The van der Waals surface area contributed by atoms with Crippen LogP contribution in [0.5, 0.6) is 0 Å². The predicted molar refractivity (Wildman–Crippen MR) is 76.6 cm³/mol. The van der Waals surface area contributed by atoms with Crippen LogP contribution in [0.1, 0.15) is 19.4 Å². The highest BCUT2D eigenvalue weighted by Crippen LogP contribution is 2.16. The Labute approximate surface area is 109 Å². The Balaban J connectivity index is 2.51. The van der Waals surface area contributed by atoms with Crippen molar-refractivity contribution in [2.75, 3.05) is 31.2 Å². The standard InChI is InChI=1S/C14H23N3O/c1-10(2)8-17(4)9-14(18)16-12-6-5-11(3)13(15)7-12/h5-7,10H,8-9,15H2,1-4H3,(H,16,18). The number of nitrogens with zero attached hydrogens (tertiary/aromatic N) is 1. The third kappa shape index (κ3) is 4.75. The number of nitrogens with one attached hydrogen (secondary N) is 1. The number of hydrogen-bond donors (Lipinski definition) is 2. The Bertz CT molecular complexity index is 416. The molecule has 1 aromatic carbocycles. The number of nitrogen functional groups attached to an aromatic ring is 1. The van der Waals surface area contributed by atoms with E-state index < -0.39 is 0 Å². The van der Waals surface area contributed by atoms with Crippen molar-refractivity contribution < 1.29 is 4.79 Å². The van der Waals surface area contributed by atoms with Gasteiger partial charge in [-0.25, -0.2) is 0 Å². The molecule has 0 spiro atoms. The zero-order valence-corrected chi connectivity index (χ0v) is 11.7. The van der Waals surface area contributed by atoms with Gasteiger partial charge in [-0.2, -0.15) is 0 Å². The second-order valence-corrected chi connectivity index (χ2v) is 5.21. The van der Waals surface area contributed by atoms with Crippen molar-refractivity contribution in [3.63, 3.8) is 0 Å². The van der Waals surface area contributed by atoms with Crippen molar-refractivity contribution in [3.05, 3.63) is 23.8 Å². The number of amides is 1. The van der Waals surface area contributed by atoms with Crippen LogP contribution < -0.4 is 11.1 Å². The molecule has 0 aliphatic carbocycles. The number of carbonyl (C=O) groups is 1. The van der Waals surface area contributed by atoms with Gasteiger partial charge in [0.05, 0.1) is 6.54 Å². The number of hydrogen-bond acceptors (Lipinski definition) is 3. The average molecular weight is 249 g/mol. The van der Waals surface area contributed by atoms with Crippen LogP contribution >= 0.6 is 0 Å². The van der Waals surface area contributed by atoms with Crippen LogP contribution in [-0.2, 0) is 4.79 Å². The van der Waals surface area contributed by atoms with Crippen molar-refractivity contribution >= 4 is 17.3 Å². The van der Waals surface area contributed by atoms with Gasteiger partial charge in [-0.15, -0.1) is 0 Å². The SMILES string of the molecule is Cc1ccc(NC(=O)CN(C)CC(C)C)cc1N. The van der Waals surface area contributed by atoms with E-state index in [4.69, 9.17) is 5.73 Å². The Morgan fingerprint density at radius 2 is 2.11 bits per heavy atom. The van der Waals surface area contributed by atoms with Crippen LogP contribution in [-0.4, -0.2) is 30.9 Å². The molecule has 0 saturated heterocycles. The molecule has 0 aliphatic heterocycles. The first-order chi connectivity index (χ1) is 8.38. The van der Waals surface area contributed by atoms with E-state index in [2.05, 4.69) is 19.2 Å². The minimum atomic E-state index is -0.0126. The van der Waals surface area contributed by atoms with E-state index in [0.29, 0.717) is 18.2 Å². The van der Waals surface area contributed by atoms with Gasteiger partial charge in [0, 0.05) is 17.9 Å². The van der Waals surface area contributed by atoms with Crippen molar-refractivity contribution in [1.29, 1.82) is 0 Å². The molecule has 3 N–H and O–H groups in total. The maximum atomic E-state index is 11.8. The molecule has 0 aliphatic rings. The highest BCUT2D eigenvalue weighted by molar-refractivity contribution is 5.92. The van der Waals surface area contributed by atoms with Crippen LogP contribution in [0.3, 0.4) is 0 Å². The fourth-order valence-electron chi connectivity index (χ4n) is 1.85. The molecule has 1 aromatic rings. The summed E-state index contributed by atoms with van der Waals surface area (Å²) in [5.74, 6) is 0.541. The molecule has 0 saturated carbocycles. The summed E-state index contributed by atoms with van der Waals surface area (Å²) in [4.78, 5) is 13.8. The lowest BCUT2D eigenvalue weighted by Gasteiger charge is -2.18. The summed E-state index contributed by atoms with van der Waals surface area (Å²) in [6.45, 7) is 7.51. The molecular weight excluding hydrogens is 226 g/mol. The largest absolute Gasteiger partial charge is 0.398 e. The molecule has 0 aromatic heterocycles. The zero-order chi connectivity index (χ0) is 13.7. The maximum absolute atomic E-state index is 11.8. The zero-order valence-electron chi connectivity index (χ0n) is 11.7. The minimum absolute atomic E-state index is 0.0126. The van der Waals surface area contributed by atoms with E-state index in [9.17, 15) is 4.79 Å². The molecule has 100 valence electrons. The first-order valence-electron chi connectivity index (χ1n) is 6.23. The summed E-state index contributed by atoms with van der Waals surface area (Å²) in [6, 6.07) is 5.56. The van der Waals surface area contributed by atoms with Crippen molar-refractivity contribution in [3.8, 4) is 0 Å². The molecule has 0 bridgehead atoms. The van der Waals surface area contributed by atoms with Gasteiger partial charge in [-0.1, -0.05) is 19.9 Å². The highest BCUT2D eigenvalue weighted by atomic mass is 16.2. The van der Waals surface area contributed by atoms with Crippen LogP contribution in [0.4, 0.5) is 11.4 Å². The fourth-order valence-corrected chi connectivity index (χ4v) is 1.85. The van der Waals surface area contributed by atoms with Gasteiger partial charge >= 0.3 is 0 Å². The van der Waals surface area contributed by atoms with Crippen molar-refractivity contribution in [2.45, 2.75) is 20.8 Å². The topological polar surface area (TPSA) is 58.4 Å². The number of aryl methyl sites for hydroxylation is 1. The van der Waals surface area contributed by atoms with E-state index in [1.807, 2.05) is 31.0 Å². The molecule has 0 atom stereocenters. The molecular formula is C14H23N3O. The smallest absolute Gasteiger partial charge is 0.238 e. The molecule has 1 rings (SSSR count). The molecule has 4 nitrogen and oxygen atoms in total. The quantitative estimate of drug-likeness (QED) is 0.786. The Hall–Kier alpha value is -1.55. The molecule has 0 radical (unpaired) electrons. The summed E-state index contributed by atoms with van der Waals surface area (Å²) in [6.07, 6.45) is 0. The second-order valence-electron chi connectivity index (χ2n) is 5.21. The van der Waals surface area contributed by atoms with Gasteiger partial charge in [0.15, 0.2) is 0 Å². The highest BCUT2D eigenvalue weighted by Gasteiger charge is 2.08. The first kappa shape index (κ1) is 14.5. The van der Waals surface area contributed by atoms with Crippen molar-refractivity contribution in [1.82, 2.24) is 4.90 Å². The molecule has 1 amide bonds. The third-order valence-electron chi connectivity index (χ3n) is 2.65. The monoisotopic (exact) mass is 249 g/mol. The fraction of sp³-hybridized carbons (Fsp3) is 0.500. The number of benzene rings is 1. The van der Waals surface area contributed by atoms with E-state index in [1.165, 1.54) is 0 Å². The number of nitrogens with two attached hydrogens (primary N) is 1. The van der Waals surface area contributed by atoms with Gasteiger partial charge in [0.2, 0.25) is 5.91 Å². The minimum Gasteiger partial charge on any atom is -0.398 e. The van der Waals surface area contributed by atoms with Gasteiger partial charge in [-0.05, 0) is 37.6 Å². The van der Waals surface area contributed by atoms with Crippen molar-refractivity contribution in [2.24, 2.45) is 5.92 Å². The van der Waals surface area contributed by atoms with E-state index in [-0.39, 0.29) is 5.91 Å².